The maximum Gasteiger partial charge on any atom is 0.332 e. The van der Waals surface area contributed by atoms with Gasteiger partial charge in [0.05, 0.1) is 7.11 Å². The van der Waals surface area contributed by atoms with Gasteiger partial charge in [-0.25, -0.2) is 9.59 Å². The minimum Gasteiger partial charge on any atom is -0.504 e. The van der Waals surface area contributed by atoms with E-state index in [1.807, 2.05) is 0 Å². The zero-order chi connectivity index (χ0) is 19.9. The maximum absolute atomic E-state index is 12.3. The summed E-state index contributed by atoms with van der Waals surface area (Å²) in [6, 6.07) is 4.60. The van der Waals surface area contributed by atoms with E-state index in [2.05, 4.69) is 0 Å². The van der Waals surface area contributed by atoms with Crippen LogP contribution < -0.4 is 4.74 Å². The van der Waals surface area contributed by atoms with Crippen molar-refractivity contribution in [2.45, 2.75) is 11.7 Å². The van der Waals surface area contributed by atoms with E-state index in [4.69, 9.17) is 19.3 Å². The van der Waals surface area contributed by atoms with Gasteiger partial charge in [-0.2, -0.15) is 0 Å². The van der Waals surface area contributed by atoms with E-state index in [1.54, 1.807) is 36.4 Å². The highest BCUT2D eigenvalue weighted by molar-refractivity contribution is 5.88. The lowest BCUT2D eigenvalue weighted by molar-refractivity contribution is -0.152. The summed E-state index contributed by atoms with van der Waals surface area (Å²) in [5.74, 6) is -1.61. The van der Waals surface area contributed by atoms with Gasteiger partial charge >= 0.3 is 11.9 Å². The van der Waals surface area contributed by atoms with Gasteiger partial charge in [0.2, 0.25) is 0 Å². The van der Waals surface area contributed by atoms with Crippen molar-refractivity contribution in [2.75, 3.05) is 14.2 Å². The number of carboxylic acids is 1. The first kappa shape index (κ1) is 20.0. The fraction of sp³-hybridized carbons (Fsp3) is 0.200. The molecule has 0 aliphatic heterocycles. The number of phenolic OH excluding ortho intramolecular Hbond substituents is 1. The second-order valence-electron chi connectivity index (χ2n) is 5.61. The summed E-state index contributed by atoms with van der Waals surface area (Å²) in [7, 11) is 2.85. The molecular weight excluding hydrogens is 352 g/mol. The van der Waals surface area contributed by atoms with Crippen LogP contribution in [0.15, 0.2) is 60.7 Å². The van der Waals surface area contributed by atoms with E-state index in [1.165, 1.54) is 38.5 Å². The minimum absolute atomic E-state index is 0.0166. The Hall–Kier alpha value is -3.32. The van der Waals surface area contributed by atoms with Gasteiger partial charge in [0.15, 0.2) is 17.1 Å². The number of esters is 1. The van der Waals surface area contributed by atoms with Crippen molar-refractivity contribution in [2.24, 2.45) is 0 Å². The van der Waals surface area contributed by atoms with Crippen LogP contribution in [0, 0.1) is 0 Å². The number of phenols is 1. The molecule has 0 fully saturated rings. The summed E-state index contributed by atoms with van der Waals surface area (Å²) >= 11 is 0. The predicted molar refractivity (Wildman–Crippen MR) is 98.4 cm³/mol. The van der Waals surface area contributed by atoms with Crippen LogP contribution in [-0.4, -0.2) is 48.1 Å². The Labute approximate surface area is 156 Å². The number of aromatic hydroxyl groups is 1. The molecule has 1 aliphatic carbocycles. The van der Waals surface area contributed by atoms with Crippen LogP contribution in [0.3, 0.4) is 0 Å². The molecule has 27 heavy (non-hydrogen) atoms. The lowest BCUT2D eigenvalue weighted by atomic mass is 9.91. The predicted octanol–water partition coefficient (Wildman–Crippen LogP) is 2.48. The number of carbonyl (C=O) groups excluding carboxylic acids is 1. The van der Waals surface area contributed by atoms with Crippen LogP contribution in [0.1, 0.15) is 5.56 Å². The second kappa shape index (κ2) is 8.86. The number of hydrogen-bond acceptors (Lipinski definition) is 6. The van der Waals surface area contributed by atoms with Gasteiger partial charge in [0, 0.05) is 19.3 Å². The van der Waals surface area contributed by atoms with E-state index in [9.17, 15) is 14.7 Å². The van der Waals surface area contributed by atoms with Crippen molar-refractivity contribution in [1.82, 2.24) is 0 Å². The van der Waals surface area contributed by atoms with Crippen molar-refractivity contribution in [1.29, 1.82) is 0 Å². The molecule has 2 N–H and O–H groups in total. The summed E-state index contributed by atoms with van der Waals surface area (Å²) < 4.78 is 15.8. The summed E-state index contributed by atoms with van der Waals surface area (Å²) in [5, 5.41) is 18.5. The number of methoxy groups -OCH3 is 2. The number of aliphatic carboxylic acids is 1. The van der Waals surface area contributed by atoms with E-state index in [0.717, 1.165) is 6.08 Å². The average molecular weight is 372 g/mol. The molecule has 0 saturated heterocycles. The first-order chi connectivity index (χ1) is 12.9. The SMILES string of the molecule is COc1cc(/C=C/C(=O)OC2(C=CC(=O)O)C=CC=CC2OC)ccc1O. The molecule has 0 spiro atoms. The van der Waals surface area contributed by atoms with Crippen LogP contribution in [0.25, 0.3) is 6.08 Å². The second-order valence-corrected chi connectivity index (χ2v) is 5.61. The van der Waals surface area contributed by atoms with E-state index < -0.39 is 23.6 Å². The number of carboxylic acid groups (broad SMARTS) is 1. The third kappa shape index (κ3) is 5.08. The van der Waals surface area contributed by atoms with Gasteiger partial charge in [-0.15, -0.1) is 0 Å². The van der Waals surface area contributed by atoms with E-state index in [-0.39, 0.29) is 11.5 Å². The molecule has 7 nitrogen and oxygen atoms in total. The molecule has 1 aromatic carbocycles. The molecule has 0 aromatic heterocycles. The van der Waals surface area contributed by atoms with Gasteiger partial charge in [0.1, 0.15) is 6.10 Å². The molecule has 1 aliphatic rings. The summed E-state index contributed by atoms with van der Waals surface area (Å²) in [6.07, 6.45) is 10.7. The highest BCUT2D eigenvalue weighted by Gasteiger charge is 2.38. The zero-order valence-electron chi connectivity index (χ0n) is 14.9. The Morgan fingerprint density at radius 3 is 2.63 bits per heavy atom. The van der Waals surface area contributed by atoms with Crippen molar-refractivity contribution < 1.29 is 34.0 Å². The molecule has 2 unspecified atom stereocenters. The van der Waals surface area contributed by atoms with Gasteiger partial charge in [-0.3, -0.25) is 0 Å². The van der Waals surface area contributed by atoms with E-state index in [0.29, 0.717) is 5.56 Å². The molecule has 2 atom stereocenters. The quantitative estimate of drug-likeness (QED) is 0.560. The highest BCUT2D eigenvalue weighted by Crippen LogP contribution is 2.29. The molecule has 1 aromatic rings. The first-order valence-corrected chi connectivity index (χ1v) is 7.99. The largest absolute Gasteiger partial charge is 0.504 e. The molecule has 0 bridgehead atoms. The lowest BCUT2D eigenvalue weighted by Crippen LogP contribution is -2.44. The number of allylic oxidation sites excluding steroid dienone is 2. The van der Waals surface area contributed by atoms with Crippen molar-refractivity contribution in [3.63, 3.8) is 0 Å². The van der Waals surface area contributed by atoms with Crippen LogP contribution in [0.5, 0.6) is 11.5 Å². The summed E-state index contributed by atoms with van der Waals surface area (Å²) in [4.78, 5) is 23.2. The van der Waals surface area contributed by atoms with Crippen molar-refractivity contribution in [3.8, 4) is 11.5 Å². The van der Waals surface area contributed by atoms with Gasteiger partial charge in [-0.1, -0.05) is 24.3 Å². The van der Waals surface area contributed by atoms with Gasteiger partial charge < -0.3 is 24.4 Å². The molecule has 0 heterocycles. The first-order valence-electron chi connectivity index (χ1n) is 7.99. The number of carbonyl (C=O) groups is 2. The summed E-state index contributed by atoms with van der Waals surface area (Å²) in [6.45, 7) is 0. The number of rotatable bonds is 7. The highest BCUT2D eigenvalue weighted by atomic mass is 16.6. The monoisotopic (exact) mass is 372 g/mol. The molecule has 142 valence electrons. The fourth-order valence-electron chi connectivity index (χ4n) is 2.53. The topological polar surface area (TPSA) is 102 Å². The van der Waals surface area contributed by atoms with E-state index >= 15 is 0 Å². The number of hydrogen-bond donors (Lipinski definition) is 2. The maximum atomic E-state index is 12.3. The van der Waals surface area contributed by atoms with Crippen molar-refractivity contribution >= 4 is 18.0 Å². The van der Waals surface area contributed by atoms with Crippen molar-refractivity contribution in [3.05, 3.63) is 66.3 Å². The molecule has 7 heteroatoms. The third-order valence-electron chi connectivity index (χ3n) is 3.83. The Kier molecular flexibility index (Phi) is 6.56. The van der Waals surface area contributed by atoms with Crippen LogP contribution >= 0.6 is 0 Å². The van der Waals surface area contributed by atoms with Crippen LogP contribution in [0.4, 0.5) is 0 Å². The molecule has 0 saturated carbocycles. The Morgan fingerprint density at radius 2 is 1.96 bits per heavy atom. The Bertz CT molecular complexity index is 820. The fourth-order valence-corrected chi connectivity index (χ4v) is 2.53. The molecular formula is C20H20O7. The zero-order valence-corrected chi connectivity index (χ0v) is 14.9. The number of ether oxygens (including phenoxy) is 3. The van der Waals surface area contributed by atoms with Gasteiger partial charge in [0.25, 0.3) is 0 Å². The molecule has 0 radical (unpaired) electrons. The average Bonchev–Trinajstić information content (AvgIpc) is 2.66. The minimum atomic E-state index is -1.38. The number of benzene rings is 1. The standard InChI is InChI=1S/C20H20O7/c1-25-16-13-14(6-8-15(16)21)7-9-19(24)27-20(12-10-18(22)23)11-4-3-5-17(20)26-2/h3-13,17,21H,1-2H3,(H,22,23)/b9-7+,12-10?. The Balaban J connectivity index is 2.22. The lowest BCUT2D eigenvalue weighted by Gasteiger charge is -2.34. The smallest absolute Gasteiger partial charge is 0.332 e. The molecule has 0 amide bonds. The van der Waals surface area contributed by atoms with Crippen LogP contribution in [0.2, 0.25) is 0 Å². The van der Waals surface area contributed by atoms with Gasteiger partial charge in [-0.05, 0) is 35.9 Å². The third-order valence-corrected chi connectivity index (χ3v) is 3.83. The normalized spacial score (nSPS) is 21.6. The summed E-state index contributed by atoms with van der Waals surface area (Å²) in [5.41, 5.74) is -0.769. The van der Waals surface area contributed by atoms with Crippen LogP contribution in [-0.2, 0) is 19.1 Å². The molecule has 2 rings (SSSR count). The Morgan fingerprint density at radius 1 is 1.19 bits per heavy atom.